The monoisotopic (exact) mass is 269 g/mol. The number of halogens is 1. The van der Waals surface area contributed by atoms with Gasteiger partial charge in [0, 0.05) is 19.2 Å². The molecule has 0 aliphatic heterocycles. The molecule has 1 aromatic rings. The van der Waals surface area contributed by atoms with Crippen molar-refractivity contribution in [2.75, 3.05) is 13.7 Å². The van der Waals surface area contributed by atoms with Crippen molar-refractivity contribution in [2.45, 2.75) is 38.5 Å². The van der Waals surface area contributed by atoms with E-state index in [0.717, 1.165) is 31.7 Å². The van der Waals surface area contributed by atoms with E-state index in [1.54, 1.807) is 7.11 Å². The number of methoxy groups -OCH3 is 1. The second-order valence-corrected chi connectivity index (χ2v) is 5.00. The molecule has 100 valence electrons. The van der Waals surface area contributed by atoms with Crippen LogP contribution >= 0.6 is 11.6 Å². The van der Waals surface area contributed by atoms with Gasteiger partial charge in [-0.1, -0.05) is 17.7 Å². The summed E-state index contributed by atoms with van der Waals surface area (Å²) in [5, 5.41) is 4.17. The quantitative estimate of drug-likeness (QED) is 0.861. The average Bonchev–Trinajstić information content (AvgIpc) is 2.32. The number of rotatable bonds is 6. The van der Waals surface area contributed by atoms with Crippen LogP contribution in [0.3, 0.4) is 0 Å². The fourth-order valence-electron chi connectivity index (χ4n) is 2.19. The van der Waals surface area contributed by atoms with Crippen LogP contribution in [0.2, 0.25) is 5.02 Å². The third-order valence-corrected chi connectivity index (χ3v) is 3.60. The third-order valence-electron chi connectivity index (χ3n) is 3.31. The summed E-state index contributed by atoms with van der Waals surface area (Å²) in [6, 6.07) is 6.47. The van der Waals surface area contributed by atoms with E-state index >= 15 is 0 Å². The lowest BCUT2D eigenvalue weighted by Gasteiger charge is -2.35. The second kappa shape index (κ2) is 6.41. The van der Waals surface area contributed by atoms with Gasteiger partial charge in [-0.2, -0.15) is 0 Å². The van der Waals surface area contributed by atoms with Gasteiger partial charge in [0.1, 0.15) is 5.75 Å². The van der Waals surface area contributed by atoms with Crippen molar-refractivity contribution in [3.8, 4) is 5.75 Å². The Kier molecular flexibility index (Phi) is 4.87. The molecule has 0 aromatic heterocycles. The Balaban J connectivity index is 1.76. The lowest BCUT2D eigenvalue weighted by Crippen LogP contribution is -2.45. The van der Waals surface area contributed by atoms with Gasteiger partial charge in [0.15, 0.2) is 0 Å². The predicted molar refractivity (Wildman–Crippen MR) is 73.3 cm³/mol. The van der Waals surface area contributed by atoms with Gasteiger partial charge >= 0.3 is 0 Å². The van der Waals surface area contributed by atoms with Gasteiger partial charge in [0.2, 0.25) is 0 Å². The first-order chi connectivity index (χ1) is 8.72. The first-order valence-corrected chi connectivity index (χ1v) is 6.78. The van der Waals surface area contributed by atoms with Gasteiger partial charge in [-0.25, -0.2) is 0 Å². The Hall–Kier alpha value is -0.770. The average molecular weight is 270 g/mol. The summed E-state index contributed by atoms with van der Waals surface area (Å²) in [7, 11) is 1.63. The molecule has 0 spiro atoms. The molecule has 1 aliphatic carbocycles. The van der Waals surface area contributed by atoms with E-state index in [4.69, 9.17) is 21.1 Å². The highest BCUT2D eigenvalue weighted by atomic mass is 35.5. The van der Waals surface area contributed by atoms with Gasteiger partial charge in [-0.15, -0.1) is 0 Å². The van der Waals surface area contributed by atoms with Gasteiger partial charge in [0.05, 0.1) is 18.2 Å². The Bertz CT molecular complexity index is 391. The summed E-state index contributed by atoms with van der Waals surface area (Å²) in [5.41, 5.74) is 1.18. The van der Waals surface area contributed by atoms with Crippen LogP contribution in [0.5, 0.6) is 5.75 Å². The molecule has 4 heteroatoms. The van der Waals surface area contributed by atoms with E-state index in [1.165, 1.54) is 5.56 Å². The van der Waals surface area contributed by atoms with Gasteiger partial charge in [0.25, 0.3) is 0 Å². The largest absolute Gasteiger partial charge is 0.495 e. The predicted octanol–water partition coefficient (Wildman–Crippen LogP) is 3.01. The van der Waals surface area contributed by atoms with Crippen molar-refractivity contribution in [3.63, 3.8) is 0 Å². The van der Waals surface area contributed by atoms with Crippen LogP contribution in [-0.4, -0.2) is 25.9 Å². The van der Waals surface area contributed by atoms with Crippen LogP contribution in [0.25, 0.3) is 0 Å². The zero-order valence-electron chi connectivity index (χ0n) is 10.9. The lowest BCUT2D eigenvalue weighted by molar-refractivity contribution is -0.0102. The lowest BCUT2D eigenvalue weighted by atomic mass is 9.89. The highest BCUT2D eigenvalue weighted by molar-refractivity contribution is 6.32. The Morgan fingerprint density at radius 3 is 2.78 bits per heavy atom. The van der Waals surface area contributed by atoms with Crippen molar-refractivity contribution < 1.29 is 9.47 Å². The second-order valence-electron chi connectivity index (χ2n) is 4.60. The van der Waals surface area contributed by atoms with E-state index < -0.39 is 0 Å². The first-order valence-electron chi connectivity index (χ1n) is 6.40. The molecular weight excluding hydrogens is 250 g/mol. The molecule has 18 heavy (non-hydrogen) atoms. The van der Waals surface area contributed by atoms with Crippen molar-refractivity contribution in [1.29, 1.82) is 0 Å². The van der Waals surface area contributed by atoms with Crippen LogP contribution in [-0.2, 0) is 11.3 Å². The smallest absolute Gasteiger partial charge is 0.137 e. The summed E-state index contributed by atoms with van der Waals surface area (Å²) in [6.45, 7) is 3.69. The molecular formula is C14H20ClNO2. The third kappa shape index (κ3) is 3.37. The van der Waals surface area contributed by atoms with Crippen molar-refractivity contribution in [3.05, 3.63) is 28.8 Å². The number of hydrogen-bond acceptors (Lipinski definition) is 3. The van der Waals surface area contributed by atoms with Gasteiger partial charge < -0.3 is 14.8 Å². The Morgan fingerprint density at radius 1 is 1.39 bits per heavy atom. The maximum Gasteiger partial charge on any atom is 0.137 e. The molecule has 1 fully saturated rings. The van der Waals surface area contributed by atoms with Crippen LogP contribution in [0, 0.1) is 0 Å². The van der Waals surface area contributed by atoms with Crippen molar-refractivity contribution in [2.24, 2.45) is 0 Å². The molecule has 1 N–H and O–H groups in total. The number of benzene rings is 1. The van der Waals surface area contributed by atoms with E-state index in [2.05, 4.69) is 5.32 Å². The minimum Gasteiger partial charge on any atom is -0.495 e. The number of hydrogen-bond donors (Lipinski definition) is 1. The molecule has 1 aromatic carbocycles. The standard InChI is InChI=1S/C14H20ClNO2/c1-3-18-12-7-11(8-12)16-9-10-4-5-14(17-2)13(15)6-10/h4-6,11-12,16H,3,7-9H2,1-2H3. The van der Waals surface area contributed by atoms with Gasteiger partial charge in [-0.3, -0.25) is 0 Å². The normalized spacial score (nSPS) is 22.6. The van der Waals surface area contributed by atoms with Crippen molar-refractivity contribution in [1.82, 2.24) is 5.32 Å². The molecule has 1 saturated carbocycles. The summed E-state index contributed by atoms with van der Waals surface area (Å²) < 4.78 is 10.7. The summed E-state index contributed by atoms with van der Waals surface area (Å²) in [5.74, 6) is 0.723. The summed E-state index contributed by atoms with van der Waals surface area (Å²) >= 11 is 6.08. The molecule has 0 radical (unpaired) electrons. The van der Waals surface area contributed by atoms with Crippen molar-refractivity contribution >= 4 is 11.6 Å². The first kappa shape index (κ1) is 13.7. The zero-order chi connectivity index (χ0) is 13.0. The Labute approximate surface area is 113 Å². The van der Waals surface area contributed by atoms with Crippen LogP contribution in [0.1, 0.15) is 25.3 Å². The van der Waals surface area contributed by atoms with Gasteiger partial charge in [-0.05, 0) is 37.5 Å². The number of nitrogens with one attached hydrogen (secondary N) is 1. The Morgan fingerprint density at radius 2 is 2.17 bits per heavy atom. The van der Waals surface area contributed by atoms with E-state index in [0.29, 0.717) is 17.2 Å². The molecule has 0 atom stereocenters. The number of ether oxygens (including phenoxy) is 2. The summed E-state index contributed by atoms with van der Waals surface area (Å²) in [4.78, 5) is 0. The maximum atomic E-state index is 6.08. The zero-order valence-corrected chi connectivity index (χ0v) is 11.7. The molecule has 3 nitrogen and oxygen atoms in total. The molecule has 0 amide bonds. The highest BCUT2D eigenvalue weighted by Gasteiger charge is 2.28. The van der Waals surface area contributed by atoms with E-state index in [9.17, 15) is 0 Å². The SMILES string of the molecule is CCOC1CC(NCc2ccc(OC)c(Cl)c2)C1. The molecule has 0 bridgehead atoms. The maximum absolute atomic E-state index is 6.08. The fourth-order valence-corrected chi connectivity index (χ4v) is 2.47. The van der Waals surface area contributed by atoms with E-state index in [1.807, 2.05) is 25.1 Å². The minimum atomic E-state index is 0.451. The van der Waals surface area contributed by atoms with Crippen LogP contribution in [0.4, 0.5) is 0 Å². The van der Waals surface area contributed by atoms with Crippen LogP contribution < -0.4 is 10.1 Å². The highest BCUT2D eigenvalue weighted by Crippen LogP contribution is 2.26. The molecule has 0 unspecified atom stereocenters. The minimum absolute atomic E-state index is 0.451. The molecule has 0 saturated heterocycles. The van der Waals surface area contributed by atoms with Crippen LogP contribution in [0.15, 0.2) is 18.2 Å². The topological polar surface area (TPSA) is 30.5 Å². The molecule has 1 aliphatic rings. The van der Waals surface area contributed by atoms with E-state index in [-0.39, 0.29) is 0 Å². The molecule has 0 heterocycles. The summed E-state index contributed by atoms with van der Waals surface area (Å²) in [6.07, 6.45) is 2.67. The fraction of sp³-hybridized carbons (Fsp3) is 0.571. The molecule has 2 rings (SSSR count).